The maximum Gasteiger partial charge on any atom is 0.241 e. The maximum absolute atomic E-state index is 12.3. The fourth-order valence-electron chi connectivity index (χ4n) is 3.27. The van der Waals surface area contributed by atoms with E-state index in [0.717, 1.165) is 25.2 Å². The fraction of sp³-hybridized carbons (Fsp3) is 0.611. The van der Waals surface area contributed by atoms with Crippen LogP contribution in [0.25, 0.3) is 0 Å². The van der Waals surface area contributed by atoms with Crippen molar-refractivity contribution in [2.75, 3.05) is 19.8 Å². The van der Waals surface area contributed by atoms with Gasteiger partial charge < -0.3 is 15.8 Å². The van der Waals surface area contributed by atoms with Gasteiger partial charge in [0.15, 0.2) is 0 Å². The molecule has 1 aromatic carbocycles. The van der Waals surface area contributed by atoms with Gasteiger partial charge in [0, 0.05) is 19.8 Å². The van der Waals surface area contributed by atoms with Crippen molar-refractivity contribution >= 4 is 18.3 Å². The van der Waals surface area contributed by atoms with E-state index in [9.17, 15) is 4.79 Å². The number of carbonyl (C=O) groups excluding carboxylic acids is 1. The van der Waals surface area contributed by atoms with E-state index in [1.165, 1.54) is 25.7 Å². The van der Waals surface area contributed by atoms with E-state index < -0.39 is 6.04 Å². The Kier molecular flexibility index (Phi) is 8.59. The summed E-state index contributed by atoms with van der Waals surface area (Å²) in [5.74, 6) is -0.0890. The first-order valence-electron chi connectivity index (χ1n) is 8.33. The van der Waals surface area contributed by atoms with Crippen LogP contribution in [-0.2, 0) is 9.53 Å². The molecule has 130 valence electrons. The average Bonchev–Trinajstić information content (AvgIpc) is 3.02. The van der Waals surface area contributed by atoms with Crippen molar-refractivity contribution in [2.24, 2.45) is 11.1 Å². The standard InChI is InChI=1S/C18H28N2O2.ClH/c1-2-22-13-12-18(10-6-7-11-18)14-20-17(21)16(19)15-8-4-3-5-9-15;/h3-5,8-9,16H,2,6-7,10-14,19H2,1H3,(H,20,21);1H. The number of benzene rings is 1. The summed E-state index contributed by atoms with van der Waals surface area (Å²) in [5, 5.41) is 3.07. The van der Waals surface area contributed by atoms with Gasteiger partial charge in [-0.25, -0.2) is 0 Å². The third-order valence-corrected chi connectivity index (χ3v) is 4.72. The molecule has 1 amide bonds. The zero-order valence-corrected chi connectivity index (χ0v) is 14.7. The summed E-state index contributed by atoms with van der Waals surface area (Å²) < 4.78 is 5.51. The molecule has 1 saturated carbocycles. The van der Waals surface area contributed by atoms with Crippen molar-refractivity contribution in [2.45, 2.75) is 45.1 Å². The van der Waals surface area contributed by atoms with Crippen LogP contribution >= 0.6 is 12.4 Å². The summed E-state index contributed by atoms with van der Waals surface area (Å²) >= 11 is 0. The van der Waals surface area contributed by atoms with E-state index in [-0.39, 0.29) is 23.7 Å². The van der Waals surface area contributed by atoms with Gasteiger partial charge in [-0.2, -0.15) is 0 Å². The van der Waals surface area contributed by atoms with Crippen LogP contribution in [0.4, 0.5) is 0 Å². The summed E-state index contributed by atoms with van der Waals surface area (Å²) in [7, 11) is 0. The van der Waals surface area contributed by atoms with Gasteiger partial charge in [0.05, 0.1) is 0 Å². The minimum atomic E-state index is -0.591. The molecular formula is C18H29ClN2O2. The van der Waals surface area contributed by atoms with Crippen LogP contribution in [0.3, 0.4) is 0 Å². The molecule has 1 unspecified atom stereocenters. The highest BCUT2D eigenvalue weighted by Gasteiger charge is 2.34. The number of ether oxygens (including phenoxy) is 1. The molecule has 4 nitrogen and oxygen atoms in total. The summed E-state index contributed by atoms with van der Waals surface area (Å²) in [4.78, 5) is 12.3. The SMILES string of the molecule is CCOCCC1(CNC(=O)C(N)c2ccccc2)CCCC1.Cl. The topological polar surface area (TPSA) is 64.3 Å². The van der Waals surface area contributed by atoms with Gasteiger partial charge in [0.2, 0.25) is 5.91 Å². The van der Waals surface area contributed by atoms with Gasteiger partial charge in [-0.3, -0.25) is 4.79 Å². The molecule has 3 N–H and O–H groups in total. The lowest BCUT2D eigenvalue weighted by Gasteiger charge is -2.29. The second-order valence-corrected chi connectivity index (χ2v) is 6.26. The van der Waals surface area contributed by atoms with E-state index in [0.29, 0.717) is 6.54 Å². The van der Waals surface area contributed by atoms with Gasteiger partial charge in [-0.05, 0) is 37.2 Å². The Morgan fingerprint density at radius 2 is 1.96 bits per heavy atom. The number of halogens is 1. The Labute approximate surface area is 145 Å². The summed E-state index contributed by atoms with van der Waals surface area (Å²) in [6.07, 6.45) is 5.84. The van der Waals surface area contributed by atoms with Gasteiger partial charge in [0.25, 0.3) is 0 Å². The van der Waals surface area contributed by atoms with E-state index >= 15 is 0 Å². The number of amides is 1. The molecule has 0 bridgehead atoms. The van der Waals surface area contributed by atoms with Gasteiger partial charge in [-0.15, -0.1) is 12.4 Å². The number of nitrogens with one attached hydrogen (secondary N) is 1. The monoisotopic (exact) mass is 340 g/mol. The highest BCUT2D eigenvalue weighted by atomic mass is 35.5. The van der Waals surface area contributed by atoms with Gasteiger partial charge in [0.1, 0.15) is 6.04 Å². The first-order chi connectivity index (χ1) is 10.7. The smallest absolute Gasteiger partial charge is 0.241 e. The lowest BCUT2D eigenvalue weighted by atomic mass is 9.83. The number of nitrogens with two attached hydrogens (primary N) is 1. The molecule has 5 heteroatoms. The summed E-state index contributed by atoms with van der Waals surface area (Å²) in [6.45, 7) is 4.25. The Hall–Kier alpha value is -1.10. The molecule has 0 aromatic heterocycles. The van der Waals surface area contributed by atoms with Crippen LogP contribution in [-0.4, -0.2) is 25.7 Å². The van der Waals surface area contributed by atoms with E-state index in [1.54, 1.807) is 0 Å². The third kappa shape index (κ3) is 5.79. The molecule has 0 radical (unpaired) electrons. The van der Waals surface area contributed by atoms with E-state index in [2.05, 4.69) is 5.32 Å². The van der Waals surface area contributed by atoms with Crippen molar-refractivity contribution in [3.8, 4) is 0 Å². The predicted molar refractivity (Wildman–Crippen MR) is 95.6 cm³/mol. The summed E-state index contributed by atoms with van der Waals surface area (Å²) in [6, 6.07) is 8.93. The fourth-order valence-corrected chi connectivity index (χ4v) is 3.27. The predicted octanol–water partition coefficient (Wildman–Crippen LogP) is 3.21. The molecule has 2 rings (SSSR count). The molecule has 1 aliphatic carbocycles. The van der Waals surface area contributed by atoms with Crippen molar-refractivity contribution in [1.82, 2.24) is 5.32 Å². The first kappa shape index (κ1) is 19.9. The van der Waals surface area contributed by atoms with Crippen molar-refractivity contribution in [3.63, 3.8) is 0 Å². The number of rotatable bonds is 8. The van der Waals surface area contributed by atoms with Crippen LogP contribution in [0.1, 0.15) is 50.6 Å². The number of hydrogen-bond acceptors (Lipinski definition) is 3. The Morgan fingerprint density at radius 1 is 1.30 bits per heavy atom. The van der Waals surface area contributed by atoms with Crippen molar-refractivity contribution < 1.29 is 9.53 Å². The molecule has 1 aromatic rings. The third-order valence-electron chi connectivity index (χ3n) is 4.72. The van der Waals surface area contributed by atoms with Crippen molar-refractivity contribution in [3.05, 3.63) is 35.9 Å². The number of hydrogen-bond donors (Lipinski definition) is 2. The normalized spacial score (nSPS) is 17.3. The lowest BCUT2D eigenvalue weighted by molar-refractivity contribution is -0.123. The minimum Gasteiger partial charge on any atom is -0.382 e. The van der Waals surface area contributed by atoms with Gasteiger partial charge >= 0.3 is 0 Å². The van der Waals surface area contributed by atoms with Gasteiger partial charge in [-0.1, -0.05) is 43.2 Å². The van der Waals surface area contributed by atoms with Crippen LogP contribution in [0.2, 0.25) is 0 Å². The highest BCUT2D eigenvalue weighted by Crippen LogP contribution is 2.40. The highest BCUT2D eigenvalue weighted by molar-refractivity contribution is 5.85. The molecule has 0 spiro atoms. The maximum atomic E-state index is 12.3. The molecule has 0 saturated heterocycles. The second kappa shape index (κ2) is 9.91. The Morgan fingerprint density at radius 3 is 2.57 bits per heavy atom. The van der Waals surface area contributed by atoms with Crippen LogP contribution in [0.15, 0.2) is 30.3 Å². The Bertz CT molecular complexity index is 461. The molecule has 1 atom stereocenters. The van der Waals surface area contributed by atoms with E-state index in [1.807, 2.05) is 37.3 Å². The molecular weight excluding hydrogens is 312 g/mol. The summed E-state index contributed by atoms with van der Waals surface area (Å²) in [5.41, 5.74) is 7.10. The largest absolute Gasteiger partial charge is 0.382 e. The van der Waals surface area contributed by atoms with E-state index in [4.69, 9.17) is 10.5 Å². The molecule has 1 aliphatic rings. The Balaban J connectivity index is 0.00000264. The first-order valence-corrected chi connectivity index (χ1v) is 8.33. The minimum absolute atomic E-state index is 0. The zero-order chi connectivity index (χ0) is 15.8. The molecule has 23 heavy (non-hydrogen) atoms. The second-order valence-electron chi connectivity index (χ2n) is 6.26. The molecule has 1 fully saturated rings. The average molecular weight is 341 g/mol. The van der Waals surface area contributed by atoms with Crippen LogP contribution < -0.4 is 11.1 Å². The lowest BCUT2D eigenvalue weighted by Crippen LogP contribution is -2.41. The van der Waals surface area contributed by atoms with Crippen molar-refractivity contribution in [1.29, 1.82) is 0 Å². The van der Waals surface area contributed by atoms with Crippen LogP contribution in [0.5, 0.6) is 0 Å². The molecule has 0 heterocycles. The molecule has 0 aliphatic heterocycles. The zero-order valence-electron chi connectivity index (χ0n) is 13.9. The quantitative estimate of drug-likeness (QED) is 0.714. The van der Waals surface area contributed by atoms with Crippen LogP contribution in [0, 0.1) is 5.41 Å². The number of carbonyl (C=O) groups is 1.